The lowest BCUT2D eigenvalue weighted by Gasteiger charge is -2.53. The van der Waals surface area contributed by atoms with Crippen molar-refractivity contribution in [3.63, 3.8) is 0 Å². The zero-order valence-electron chi connectivity index (χ0n) is 18.1. The molecule has 2 aromatic rings. The zero-order chi connectivity index (χ0) is 21.6. The Labute approximate surface area is 177 Å². The van der Waals surface area contributed by atoms with E-state index in [0.717, 1.165) is 33.0 Å². The molecule has 2 aliphatic rings. The first-order valence-corrected chi connectivity index (χ1v) is 10.1. The molecule has 156 valence electrons. The molecule has 3 amide bonds. The standard InChI is InChI=1S/C23H27N5O2/c1-6-28-19-13-16(3)15(2)12-18(19)26(4)20-23(28,21(29)27(5)22(30)25-20)24-14-17-10-8-7-9-11-17/h7-13,24H,6,14H2,1-5H3. The van der Waals surface area contributed by atoms with E-state index in [2.05, 4.69) is 36.3 Å². The molecule has 0 radical (unpaired) electrons. The van der Waals surface area contributed by atoms with Crippen molar-refractivity contribution in [2.24, 2.45) is 4.99 Å². The van der Waals surface area contributed by atoms with Crippen molar-refractivity contribution in [2.45, 2.75) is 33.0 Å². The van der Waals surface area contributed by atoms with Gasteiger partial charge in [-0.15, -0.1) is 0 Å². The van der Waals surface area contributed by atoms with Gasteiger partial charge in [0.25, 0.3) is 5.91 Å². The van der Waals surface area contributed by atoms with Gasteiger partial charge in [-0.1, -0.05) is 30.3 Å². The highest BCUT2D eigenvalue weighted by Crippen LogP contribution is 2.43. The summed E-state index contributed by atoms with van der Waals surface area (Å²) in [7, 11) is 3.35. The fourth-order valence-corrected chi connectivity index (χ4v) is 4.27. The smallest absolute Gasteiger partial charge is 0.338 e. The van der Waals surface area contributed by atoms with E-state index in [0.29, 0.717) is 18.9 Å². The zero-order valence-corrected chi connectivity index (χ0v) is 18.1. The summed E-state index contributed by atoms with van der Waals surface area (Å²) in [5, 5.41) is 3.47. The summed E-state index contributed by atoms with van der Waals surface area (Å²) in [6, 6.07) is 13.5. The van der Waals surface area contributed by atoms with Crippen LogP contribution in [-0.2, 0) is 11.3 Å². The number of urea groups is 1. The predicted molar refractivity (Wildman–Crippen MR) is 119 cm³/mol. The molecule has 0 saturated carbocycles. The van der Waals surface area contributed by atoms with Crippen LogP contribution in [0.1, 0.15) is 23.6 Å². The maximum atomic E-state index is 13.7. The van der Waals surface area contributed by atoms with Crippen LogP contribution in [0.25, 0.3) is 0 Å². The molecule has 0 bridgehead atoms. The molecule has 4 rings (SSSR count). The number of benzene rings is 2. The van der Waals surface area contributed by atoms with Crippen molar-refractivity contribution in [2.75, 3.05) is 30.4 Å². The van der Waals surface area contributed by atoms with E-state index in [-0.39, 0.29) is 5.91 Å². The summed E-state index contributed by atoms with van der Waals surface area (Å²) in [5.41, 5.74) is 3.94. The number of rotatable bonds is 4. The molecule has 2 aliphatic heterocycles. The number of nitrogens with one attached hydrogen (secondary N) is 1. The summed E-state index contributed by atoms with van der Waals surface area (Å²) in [5.74, 6) is 0.0788. The van der Waals surface area contributed by atoms with Crippen LogP contribution in [0.5, 0.6) is 0 Å². The molecular weight excluding hydrogens is 378 g/mol. The number of hydrogen-bond donors (Lipinski definition) is 1. The highest BCUT2D eigenvalue weighted by Gasteiger charge is 2.58. The molecule has 2 heterocycles. The van der Waals surface area contributed by atoms with Gasteiger partial charge in [0.1, 0.15) is 0 Å². The van der Waals surface area contributed by atoms with Gasteiger partial charge in [0, 0.05) is 27.2 Å². The fraction of sp³-hybridized carbons (Fsp3) is 0.348. The molecular formula is C23H27N5O2. The molecule has 0 aliphatic carbocycles. The van der Waals surface area contributed by atoms with Crippen LogP contribution in [0.15, 0.2) is 47.5 Å². The quantitative estimate of drug-likeness (QED) is 0.847. The summed E-state index contributed by atoms with van der Waals surface area (Å²) in [4.78, 5) is 35.5. The van der Waals surface area contributed by atoms with Crippen LogP contribution in [0, 0.1) is 13.8 Å². The molecule has 0 spiro atoms. The summed E-state index contributed by atoms with van der Waals surface area (Å²) >= 11 is 0. The predicted octanol–water partition coefficient (Wildman–Crippen LogP) is 3.06. The number of nitrogens with zero attached hydrogens (tertiary/aromatic N) is 4. The van der Waals surface area contributed by atoms with Gasteiger partial charge in [-0.05, 0) is 49.6 Å². The van der Waals surface area contributed by atoms with Crippen molar-refractivity contribution in [3.8, 4) is 0 Å². The third kappa shape index (κ3) is 2.81. The third-order valence-corrected chi connectivity index (χ3v) is 6.10. The van der Waals surface area contributed by atoms with Gasteiger partial charge in [0.2, 0.25) is 5.66 Å². The Kier molecular flexibility index (Phi) is 4.86. The Morgan fingerprint density at radius 1 is 0.967 bits per heavy atom. The Morgan fingerprint density at radius 2 is 1.60 bits per heavy atom. The minimum absolute atomic E-state index is 0.328. The van der Waals surface area contributed by atoms with Crippen molar-refractivity contribution in [3.05, 3.63) is 59.2 Å². The van der Waals surface area contributed by atoms with E-state index in [1.54, 1.807) is 0 Å². The Morgan fingerprint density at radius 3 is 2.23 bits per heavy atom. The lowest BCUT2D eigenvalue weighted by atomic mass is 9.93. The van der Waals surface area contributed by atoms with Crippen LogP contribution in [0.2, 0.25) is 0 Å². The second kappa shape index (κ2) is 7.25. The molecule has 0 fully saturated rings. The number of amides is 3. The monoisotopic (exact) mass is 405 g/mol. The van der Waals surface area contributed by atoms with Gasteiger partial charge in [-0.3, -0.25) is 15.0 Å². The number of anilines is 2. The minimum Gasteiger partial charge on any atom is -0.338 e. The van der Waals surface area contributed by atoms with Crippen molar-refractivity contribution in [1.82, 2.24) is 10.2 Å². The molecule has 2 aromatic carbocycles. The van der Waals surface area contributed by atoms with Crippen LogP contribution in [0.3, 0.4) is 0 Å². The first-order chi connectivity index (χ1) is 14.3. The molecule has 1 atom stereocenters. The molecule has 0 saturated heterocycles. The fourth-order valence-electron chi connectivity index (χ4n) is 4.27. The lowest BCUT2D eigenvalue weighted by molar-refractivity contribution is -0.132. The number of hydrogen-bond acceptors (Lipinski definition) is 5. The van der Waals surface area contributed by atoms with Crippen LogP contribution in [0.4, 0.5) is 16.2 Å². The van der Waals surface area contributed by atoms with E-state index in [9.17, 15) is 9.59 Å². The number of amidine groups is 1. The van der Waals surface area contributed by atoms with Crippen molar-refractivity contribution >= 4 is 29.1 Å². The van der Waals surface area contributed by atoms with Crippen LogP contribution in [-0.4, -0.2) is 49.0 Å². The van der Waals surface area contributed by atoms with Gasteiger partial charge in [-0.2, -0.15) is 4.99 Å². The topological polar surface area (TPSA) is 68.2 Å². The Balaban J connectivity index is 1.93. The molecule has 30 heavy (non-hydrogen) atoms. The molecule has 1 unspecified atom stereocenters. The average molecular weight is 406 g/mol. The van der Waals surface area contributed by atoms with Gasteiger partial charge in [-0.25, -0.2) is 4.79 Å². The van der Waals surface area contributed by atoms with Crippen LogP contribution < -0.4 is 15.1 Å². The minimum atomic E-state index is -1.27. The van der Waals surface area contributed by atoms with E-state index in [1.165, 1.54) is 7.05 Å². The normalized spacial score (nSPS) is 20.8. The molecule has 1 N–H and O–H groups in total. The second-order valence-corrected chi connectivity index (χ2v) is 7.86. The number of imide groups is 1. The summed E-state index contributed by atoms with van der Waals surface area (Å²) in [6.45, 7) is 7.16. The summed E-state index contributed by atoms with van der Waals surface area (Å²) < 4.78 is 0. The number of aryl methyl sites for hydroxylation is 2. The Hall–Kier alpha value is -3.19. The van der Waals surface area contributed by atoms with Crippen molar-refractivity contribution in [1.29, 1.82) is 0 Å². The highest BCUT2D eigenvalue weighted by atomic mass is 16.2. The largest absolute Gasteiger partial charge is 0.351 e. The maximum absolute atomic E-state index is 13.7. The van der Waals surface area contributed by atoms with Crippen LogP contribution >= 0.6 is 0 Å². The van der Waals surface area contributed by atoms with E-state index in [1.807, 2.05) is 54.1 Å². The third-order valence-electron chi connectivity index (χ3n) is 6.10. The van der Waals surface area contributed by atoms with E-state index >= 15 is 0 Å². The molecule has 7 nitrogen and oxygen atoms in total. The Bertz CT molecular complexity index is 1050. The second-order valence-electron chi connectivity index (χ2n) is 7.86. The van der Waals surface area contributed by atoms with Crippen molar-refractivity contribution < 1.29 is 9.59 Å². The SMILES string of the molecule is CCN1c2cc(C)c(C)cc2N(C)C2=NC(=O)N(C)C(=O)C21NCc1ccccc1. The van der Waals surface area contributed by atoms with Gasteiger partial charge in [0.15, 0.2) is 5.84 Å². The van der Waals surface area contributed by atoms with Gasteiger partial charge >= 0.3 is 6.03 Å². The van der Waals surface area contributed by atoms with Gasteiger partial charge in [0.05, 0.1) is 11.4 Å². The average Bonchev–Trinajstić information content (AvgIpc) is 2.74. The number of carbonyl (C=O) groups is 2. The highest BCUT2D eigenvalue weighted by molar-refractivity contribution is 6.30. The molecule has 0 aromatic heterocycles. The number of aliphatic imine (C=N–C) groups is 1. The first-order valence-electron chi connectivity index (χ1n) is 10.1. The first kappa shape index (κ1) is 20.1. The summed E-state index contributed by atoms with van der Waals surface area (Å²) in [6.07, 6.45) is 0. The van der Waals surface area contributed by atoms with E-state index in [4.69, 9.17) is 0 Å². The molecule has 7 heteroatoms. The number of fused-ring (bicyclic) bond motifs is 2. The maximum Gasteiger partial charge on any atom is 0.351 e. The lowest BCUT2D eigenvalue weighted by Crippen LogP contribution is -2.78. The van der Waals surface area contributed by atoms with Gasteiger partial charge < -0.3 is 9.80 Å². The van der Waals surface area contributed by atoms with E-state index < -0.39 is 11.7 Å². The number of carbonyl (C=O) groups excluding carboxylic acids is 2. The number of likely N-dealkylation sites (N-methyl/N-ethyl adjacent to an activating group) is 3.